The van der Waals surface area contributed by atoms with Crippen LogP contribution in [0.1, 0.15) is 11.1 Å². The van der Waals surface area contributed by atoms with Gasteiger partial charge in [-0.3, -0.25) is 0 Å². The highest BCUT2D eigenvalue weighted by atomic mass is 35.5. The average Bonchev–Trinajstić information content (AvgIpc) is 2.88. The lowest BCUT2D eigenvalue weighted by molar-refractivity contribution is -0.391. The van der Waals surface area contributed by atoms with Crippen LogP contribution >= 0.6 is 11.6 Å². The zero-order valence-corrected chi connectivity index (χ0v) is 14.2. The fourth-order valence-electron chi connectivity index (χ4n) is 2.36. The van der Waals surface area contributed by atoms with E-state index in [2.05, 4.69) is 10.1 Å². The molecule has 0 bridgehead atoms. The molecule has 0 aliphatic carbocycles. The number of nitrogens with zero attached hydrogens (tertiary/aromatic N) is 5. The van der Waals surface area contributed by atoms with E-state index in [1.807, 2.05) is 26.0 Å². The fourth-order valence-corrected chi connectivity index (χ4v) is 2.48. The molecule has 0 saturated carbocycles. The molecule has 0 aliphatic heterocycles. The lowest BCUT2D eigenvalue weighted by Gasteiger charge is -2.01. The minimum atomic E-state index is -0.693. The summed E-state index contributed by atoms with van der Waals surface area (Å²) in [5.41, 5.74) is 2.50. The van der Waals surface area contributed by atoms with Gasteiger partial charge in [0.05, 0.1) is 10.8 Å². The molecule has 0 saturated heterocycles. The molecule has 9 heteroatoms. The van der Waals surface area contributed by atoms with Crippen LogP contribution in [0.3, 0.4) is 0 Å². The van der Waals surface area contributed by atoms with E-state index in [9.17, 15) is 15.3 Å². The van der Waals surface area contributed by atoms with Gasteiger partial charge in [-0.1, -0.05) is 34.1 Å². The van der Waals surface area contributed by atoms with Crippen molar-refractivity contribution in [2.75, 3.05) is 0 Å². The maximum absolute atomic E-state index is 11.3. The highest BCUT2D eigenvalue weighted by Crippen LogP contribution is 2.19. The van der Waals surface area contributed by atoms with E-state index in [0.29, 0.717) is 21.2 Å². The van der Waals surface area contributed by atoms with E-state index in [1.54, 1.807) is 30.3 Å². The third-order valence-corrected chi connectivity index (χ3v) is 3.82. The van der Waals surface area contributed by atoms with Crippen LogP contribution in [0.4, 0.5) is 11.5 Å². The molecule has 3 aromatic rings. The molecule has 0 atom stereocenters. The van der Waals surface area contributed by atoms with Crippen molar-refractivity contribution in [2.45, 2.75) is 13.8 Å². The summed E-state index contributed by atoms with van der Waals surface area (Å²) >= 11 is 5.84. The summed E-state index contributed by atoms with van der Waals surface area (Å²) < 4.78 is 0. The summed E-state index contributed by atoms with van der Waals surface area (Å²) in [7, 11) is 0. The predicted molar refractivity (Wildman–Crippen MR) is 91.5 cm³/mol. The molecule has 0 aliphatic rings. The lowest BCUT2D eigenvalue weighted by Crippen LogP contribution is -2.22. The quantitative estimate of drug-likeness (QED) is 0.440. The highest BCUT2D eigenvalue weighted by Gasteiger charge is 2.24. The van der Waals surface area contributed by atoms with Crippen LogP contribution in [0.2, 0.25) is 5.02 Å². The highest BCUT2D eigenvalue weighted by molar-refractivity contribution is 6.30. The standard InChI is InChI=1S/C16H14ClN5O3/c1-10-3-8-14(11(2)9-10)18-15-16(22(24)25)19-20(21(15)23)13-6-4-12(17)5-7-13/h3-9,23H,1-2H3. The van der Waals surface area contributed by atoms with E-state index in [0.717, 1.165) is 15.9 Å². The number of aromatic nitrogens is 3. The summed E-state index contributed by atoms with van der Waals surface area (Å²) in [5.74, 6) is -0.558. The first kappa shape index (κ1) is 16.7. The first-order chi connectivity index (χ1) is 11.9. The maximum atomic E-state index is 11.3. The summed E-state index contributed by atoms with van der Waals surface area (Å²) in [6.45, 7) is 3.77. The Balaban J connectivity index is 2.24. The Morgan fingerprint density at radius 3 is 2.48 bits per heavy atom. The Morgan fingerprint density at radius 2 is 1.88 bits per heavy atom. The number of hydrogen-bond acceptors (Lipinski definition) is 5. The zero-order chi connectivity index (χ0) is 18.1. The van der Waals surface area contributed by atoms with Gasteiger partial charge in [0.25, 0.3) is 5.49 Å². The first-order valence-electron chi connectivity index (χ1n) is 7.31. The third kappa shape index (κ3) is 3.24. The molecule has 3 rings (SSSR count). The van der Waals surface area contributed by atoms with E-state index >= 15 is 0 Å². The van der Waals surface area contributed by atoms with Crippen molar-refractivity contribution in [2.24, 2.45) is 4.99 Å². The normalized spacial score (nSPS) is 11.7. The van der Waals surface area contributed by atoms with Gasteiger partial charge in [0.1, 0.15) is 5.69 Å². The molecule has 1 aromatic heterocycles. The average molecular weight is 360 g/mol. The van der Waals surface area contributed by atoms with Gasteiger partial charge in [0.15, 0.2) is 0 Å². The predicted octanol–water partition coefficient (Wildman–Crippen LogP) is 3.32. The lowest BCUT2D eigenvalue weighted by atomic mass is 10.1. The van der Waals surface area contributed by atoms with Crippen LogP contribution in [-0.2, 0) is 0 Å². The van der Waals surface area contributed by atoms with Crippen LogP contribution in [0, 0.1) is 24.0 Å². The Labute approximate surface area is 147 Å². The van der Waals surface area contributed by atoms with E-state index < -0.39 is 10.7 Å². The van der Waals surface area contributed by atoms with Crippen molar-refractivity contribution in [3.63, 3.8) is 0 Å². The molecule has 0 radical (unpaired) electrons. The number of hydrogen-bond donors (Lipinski definition) is 1. The number of halogens is 1. The summed E-state index contributed by atoms with van der Waals surface area (Å²) in [5, 5.41) is 26.0. The second-order valence-electron chi connectivity index (χ2n) is 5.46. The van der Waals surface area contributed by atoms with E-state index in [-0.39, 0.29) is 5.49 Å². The van der Waals surface area contributed by atoms with Crippen LogP contribution in [-0.4, -0.2) is 24.9 Å². The number of aryl methyl sites for hydroxylation is 2. The Hall–Kier alpha value is -3.13. The van der Waals surface area contributed by atoms with Gasteiger partial charge in [0.2, 0.25) is 0 Å². The Morgan fingerprint density at radius 1 is 1.20 bits per heavy atom. The molecular formula is C16H14ClN5O3. The number of benzene rings is 2. The van der Waals surface area contributed by atoms with Crippen molar-refractivity contribution in [1.29, 1.82) is 0 Å². The fraction of sp³-hybridized carbons (Fsp3) is 0.125. The zero-order valence-electron chi connectivity index (χ0n) is 13.4. The molecule has 1 heterocycles. The van der Waals surface area contributed by atoms with Crippen LogP contribution < -0.4 is 5.49 Å². The smallest absolute Gasteiger partial charge is 0.409 e. The topological polar surface area (TPSA) is 98.5 Å². The monoisotopic (exact) mass is 359 g/mol. The minimum Gasteiger partial charge on any atom is -0.409 e. The summed E-state index contributed by atoms with van der Waals surface area (Å²) in [6.07, 6.45) is 0. The first-order valence-corrected chi connectivity index (χ1v) is 7.68. The van der Waals surface area contributed by atoms with Gasteiger partial charge in [-0.05, 0) is 59.5 Å². The van der Waals surface area contributed by atoms with Crippen LogP contribution in [0.15, 0.2) is 47.5 Å². The van der Waals surface area contributed by atoms with E-state index in [4.69, 9.17) is 11.6 Å². The molecule has 0 spiro atoms. The largest absolute Gasteiger partial charge is 0.438 e. The van der Waals surface area contributed by atoms with Gasteiger partial charge in [-0.15, -0.1) is 0 Å². The van der Waals surface area contributed by atoms with Gasteiger partial charge in [-0.25, -0.2) is 4.99 Å². The minimum absolute atomic E-state index is 0.271. The van der Waals surface area contributed by atoms with Crippen molar-refractivity contribution in [3.8, 4) is 5.69 Å². The summed E-state index contributed by atoms with van der Waals surface area (Å²) in [6, 6.07) is 11.8. The molecule has 1 N–H and O–H groups in total. The Kier molecular flexibility index (Phi) is 4.28. The van der Waals surface area contributed by atoms with Gasteiger partial charge >= 0.3 is 5.82 Å². The maximum Gasteiger partial charge on any atom is 0.438 e. The molecule has 0 unspecified atom stereocenters. The molecule has 25 heavy (non-hydrogen) atoms. The third-order valence-electron chi connectivity index (χ3n) is 3.57. The van der Waals surface area contributed by atoms with Crippen LogP contribution in [0.25, 0.3) is 5.69 Å². The van der Waals surface area contributed by atoms with Crippen molar-refractivity contribution < 1.29 is 10.1 Å². The number of rotatable bonds is 3. The summed E-state index contributed by atoms with van der Waals surface area (Å²) in [4.78, 5) is 16.4. The van der Waals surface area contributed by atoms with Gasteiger partial charge < -0.3 is 15.3 Å². The Bertz CT molecular complexity index is 1020. The molecule has 0 fully saturated rings. The van der Waals surface area contributed by atoms with Crippen molar-refractivity contribution in [1.82, 2.24) is 14.7 Å². The molecule has 8 nitrogen and oxygen atoms in total. The molecular weight excluding hydrogens is 346 g/mol. The second-order valence-corrected chi connectivity index (χ2v) is 5.90. The molecule has 128 valence electrons. The van der Waals surface area contributed by atoms with Gasteiger partial charge in [-0.2, -0.15) is 0 Å². The molecule has 2 aromatic carbocycles. The van der Waals surface area contributed by atoms with Crippen LogP contribution in [0.5, 0.6) is 0 Å². The van der Waals surface area contributed by atoms with Gasteiger partial charge in [0, 0.05) is 5.02 Å². The van der Waals surface area contributed by atoms with Crippen molar-refractivity contribution in [3.05, 3.63) is 74.2 Å². The van der Waals surface area contributed by atoms with Crippen molar-refractivity contribution >= 4 is 23.1 Å². The molecule has 0 amide bonds. The van der Waals surface area contributed by atoms with E-state index in [1.165, 1.54) is 0 Å². The number of nitro groups is 1. The SMILES string of the molecule is Cc1ccc(N=c2c([N+](=O)[O-])nn(-c3ccc(Cl)cc3)n2O)c(C)c1. The second kappa shape index (κ2) is 6.40.